The van der Waals surface area contributed by atoms with Gasteiger partial charge >= 0.3 is 6.18 Å². The van der Waals surface area contributed by atoms with E-state index in [2.05, 4.69) is 26.3 Å². The van der Waals surface area contributed by atoms with Gasteiger partial charge in [-0.3, -0.25) is 19.6 Å². The molecule has 0 aliphatic heterocycles. The van der Waals surface area contributed by atoms with Gasteiger partial charge in [0.1, 0.15) is 5.75 Å². The first-order valence-electron chi connectivity index (χ1n) is 6.10. The fourth-order valence-corrected chi connectivity index (χ4v) is 2.61. The molecule has 2 rings (SSSR count). The van der Waals surface area contributed by atoms with E-state index in [0.29, 0.717) is 4.68 Å². The van der Waals surface area contributed by atoms with Crippen molar-refractivity contribution in [2.75, 3.05) is 5.32 Å². The quantitative estimate of drug-likeness (QED) is 0.460. The van der Waals surface area contributed by atoms with Crippen LogP contribution < -0.4 is 5.32 Å². The standard InChI is InChI=1S/C12H8BrF3N4O4/c1-19-10(12(14,15)16)8(13)9(18-19)11(22)17-6-4-5(20(23)24)2-3-7(6)21/h2-4,21H,1H3,(H,17,22). The molecule has 2 aromatic rings. The van der Waals surface area contributed by atoms with Gasteiger partial charge in [0, 0.05) is 19.2 Å². The number of nitro benzene ring substituents is 1. The highest BCUT2D eigenvalue weighted by atomic mass is 79.9. The summed E-state index contributed by atoms with van der Waals surface area (Å²) in [7, 11) is 1.01. The summed E-state index contributed by atoms with van der Waals surface area (Å²) in [6.45, 7) is 0. The molecule has 2 N–H and O–H groups in total. The molecule has 0 bridgehead atoms. The maximum absolute atomic E-state index is 12.9. The minimum Gasteiger partial charge on any atom is -0.506 e. The number of aromatic nitrogens is 2. The first-order chi connectivity index (χ1) is 11.0. The normalized spacial score (nSPS) is 11.4. The molecule has 1 aromatic carbocycles. The number of amides is 1. The summed E-state index contributed by atoms with van der Waals surface area (Å²) in [5.74, 6) is -1.57. The number of benzene rings is 1. The summed E-state index contributed by atoms with van der Waals surface area (Å²) < 4.78 is 38.5. The number of hydrogen-bond donors (Lipinski definition) is 2. The fraction of sp³-hybridized carbons (Fsp3) is 0.167. The molecule has 0 radical (unpaired) electrons. The second-order valence-corrected chi connectivity index (χ2v) is 5.34. The van der Waals surface area contributed by atoms with Gasteiger partial charge in [-0.15, -0.1) is 0 Å². The molecule has 0 saturated carbocycles. The van der Waals surface area contributed by atoms with Crippen LogP contribution in [0.2, 0.25) is 0 Å². The highest BCUT2D eigenvalue weighted by molar-refractivity contribution is 9.10. The molecule has 12 heteroatoms. The van der Waals surface area contributed by atoms with E-state index in [9.17, 15) is 33.2 Å². The fourth-order valence-electron chi connectivity index (χ4n) is 1.87. The van der Waals surface area contributed by atoms with Crippen molar-refractivity contribution in [2.45, 2.75) is 6.18 Å². The maximum Gasteiger partial charge on any atom is 0.434 e. The van der Waals surface area contributed by atoms with Crippen LogP contribution in [0.25, 0.3) is 0 Å². The molecule has 0 aliphatic carbocycles. The number of aryl methyl sites for hydroxylation is 1. The largest absolute Gasteiger partial charge is 0.506 e. The van der Waals surface area contributed by atoms with Crippen LogP contribution in [0.3, 0.4) is 0 Å². The lowest BCUT2D eigenvalue weighted by atomic mass is 10.2. The van der Waals surface area contributed by atoms with Gasteiger partial charge in [0.15, 0.2) is 11.4 Å². The summed E-state index contributed by atoms with van der Waals surface area (Å²) in [6.07, 6.45) is -4.74. The number of carbonyl (C=O) groups excluding carboxylic acids is 1. The summed E-state index contributed by atoms with van der Waals surface area (Å²) in [6, 6.07) is 2.85. The van der Waals surface area contributed by atoms with Crippen molar-refractivity contribution in [3.63, 3.8) is 0 Å². The monoisotopic (exact) mass is 408 g/mol. The lowest BCUT2D eigenvalue weighted by Crippen LogP contribution is -2.14. The van der Waals surface area contributed by atoms with Gasteiger partial charge in [-0.1, -0.05) is 0 Å². The average Bonchev–Trinajstić information content (AvgIpc) is 2.75. The molecule has 8 nitrogen and oxygen atoms in total. The highest BCUT2D eigenvalue weighted by Gasteiger charge is 2.39. The molecule has 24 heavy (non-hydrogen) atoms. The van der Waals surface area contributed by atoms with Crippen LogP contribution >= 0.6 is 15.9 Å². The van der Waals surface area contributed by atoms with E-state index >= 15 is 0 Å². The zero-order valence-corrected chi connectivity index (χ0v) is 13.3. The van der Waals surface area contributed by atoms with Crippen molar-refractivity contribution in [3.05, 3.63) is 44.2 Å². The van der Waals surface area contributed by atoms with E-state index in [1.807, 2.05) is 0 Å². The first kappa shape index (κ1) is 17.7. The van der Waals surface area contributed by atoms with Crippen LogP contribution in [0, 0.1) is 10.1 Å². The Kier molecular flexibility index (Phi) is 4.51. The third-order valence-corrected chi connectivity index (χ3v) is 3.66. The Morgan fingerprint density at radius 2 is 2.08 bits per heavy atom. The molecular formula is C12H8BrF3N4O4. The second-order valence-electron chi connectivity index (χ2n) is 4.55. The summed E-state index contributed by atoms with van der Waals surface area (Å²) >= 11 is 2.67. The molecule has 0 aliphatic rings. The van der Waals surface area contributed by atoms with Crippen molar-refractivity contribution in [2.24, 2.45) is 7.05 Å². The van der Waals surface area contributed by atoms with Crippen LogP contribution in [0.5, 0.6) is 5.75 Å². The molecule has 0 saturated heterocycles. The SMILES string of the molecule is Cn1nc(C(=O)Nc2cc([N+](=O)[O-])ccc2O)c(Br)c1C(F)(F)F. The topological polar surface area (TPSA) is 110 Å². The second kappa shape index (κ2) is 6.11. The number of phenols is 1. The Labute approximate surface area is 140 Å². The minimum atomic E-state index is -4.74. The van der Waals surface area contributed by atoms with Crippen LogP contribution in [0.4, 0.5) is 24.5 Å². The van der Waals surface area contributed by atoms with Crippen LogP contribution in [-0.2, 0) is 13.2 Å². The van der Waals surface area contributed by atoms with Crippen molar-refractivity contribution in [1.29, 1.82) is 0 Å². The number of nitrogens with zero attached hydrogens (tertiary/aromatic N) is 3. The van der Waals surface area contributed by atoms with Gasteiger partial charge < -0.3 is 10.4 Å². The molecule has 1 amide bonds. The number of aromatic hydroxyl groups is 1. The number of nitrogens with one attached hydrogen (secondary N) is 1. The number of halogens is 4. The first-order valence-corrected chi connectivity index (χ1v) is 6.90. The zero-order chi connectivity index (χ0) is 18.2. The molecule has 128 valence electrons. The van der Waals surface area contributed by atoms with Gasteiger partial charge in [0.05, 0.1) is 15.1 Å². The van der Waals surface area contributed by atoms with E-state index in [-0.39, 0.29) is 5.69 Å². The van der Waals surface area contributed by atoms with E-state index in [1.165, 1.54) is 0 Å². The minimum absolute atomic E-state index is 0.333. The van der Waals surface area contributed by atoms with E-state index in [4.69, 9.17) is 0 Å². The number of rotatable bonds is 3. The van der Waals surface area contributed by atoms with Crippen LogP contribution in [-0.4, -0.2) is 25.7 Å². The zero-order valence-electron chi connectivity index (χ0n) is 11.8. The molecule has 1 heterocycles. The van der Waals surface area contributed by atoms with Gasteiger partial charge in [0.25, 0.3) is 11.6 Å². The predicted molar refractivity (Wildman–Crippen MR) is 78.6 cm³/mol. The smallest absolute Gasteiger partial charge is 0.434 e. The van der Waals surface area contributed by atoms with Gasteiger partial charge in [0.2, 0.25) is 0 Å². The highest BCUT2D eigenvalue weighted by Crippen LogP contribution is 2.36. The lowest BCUT2D eigenvalue weighted by Gasteiger charge is -2.07. The van der Waals surface area contributed by atoms with Gasteiger partial charge in [-0.25, -0.2) is 0 Å². The molecule has 0 atom stereocenters. The Bertz CT molecular complexity index is 834. The van der Waals surface area contributed by atoms with E-state index in [0.717, 1.165) is 25.2 Å². The molecule has 1 aromatic heterocycles. The number of non-ortho nitro benzene ring substituents is 1. The van der Waals surface area contributed by atoms with Crippen LogP contribution in [0.1, 0.15) is 16.2 Å². The van der Waals surface area contributed by atoms with Crippen molar-refractivity contribution in [1.82, 2.24) is 9.78 Å². The number of anilines is 1. The Morgan fingerprint density at radius 3 is 2.58 bits per heavy atom. The molecule has 0 unspecified atom stereocenters. The van der Waals surface area contributed by atoms with Gasteiger partial charge in [-0.05, 0) is 22.0 Å². The van der Waals surface area contributed by atoms with Crippen LogP contribution in [0.15, 0.2) is 22.7 Å². The van der Waals surface area contributed by atoms with Crippen molar-refractivity contribution >= 4 is 33.2 Å². The van der Waals surface area contributed by atoms with Crippen molar-refractivity contribution in [3.8, 4) is 5.75 Å². The number of carbonyl (C=O) groups is 1. The molecule has 0 spiro atoms. The Hall–Kier alpha value is -2.63. The van der Waals surface area contributed by atoms with E-state index < -0.39 is 44.3 Å². The average molecular weight is 409 g/mol. The lowest BCUT2D eigenvalue weighted by molar-refractivity contribution is -0.384. The van der Waals surface area contributed by atoms with Gasteiger partial charge in [-0.2, -0.15) is 18.3 Å². The van der Waals surface area contributed by atoms with E-state index in [1.54, 1.807) is 0 Å². The number of hydrogen-bond acceptors (Lipinski definition) is 5. The summed E-state index contributed by atoms with van der Waals surface area (Å²) in [4.78, 5) is 22.0. The summed E-state index contributed by atoms with van der Waals surface area (Å²) in [5, 5.41) is 25.9. The molecule has 0 fully saturated rings. The predicted octanol–water partition coefficient (Wildman–Crippen LogP) is 3.07. The summed E-state index contributed by atoms with van der Waals surface area (Å²) in [5.41, 5.74) is -2.51. The Morgan fingerprint density at radius 1 is 1.46 bits per heavy atom. The third kappa shape index (κ3) is 3.32. The number of alkyl halides is 3. The molecular weight excluding hydrogens is 401 g/mol. The number of phenolic OH excluding ortho intramolecular Hbond substituents is 1. The number of nitro groups is 1. The maximum atomic E-state index is 12.9. The Balaban J connectivity index is 2.38. The van der Waals surface area contributed by atoms with Crippen molar-refractivity contribution < 1.29 is 28.0 Å². The third-order valence-electron chi connectivity index (χ3n) is 2.91.